The number of anilines is 1. The van der Waals surface area contributed by atoms with E-state index < -0.39 is 0 Å². The summed E-state index contributed by atoms with van der Waals surface area (Å²) in [6, 6.07) is 16.0. The van der Waals surface area contributed by atoms with E-state index in [1.807, 2.05) is 24.3 Å². The molecule has 4 rings (SSSR count). The number of amides is 1. The highest BCUT2D eigenvalue weighted by Gasteiger charge is 2.16. The first-order chi connectivity index (χ1) is 18.4. The van der Waals surface area contributed by atoms with Crippen molar-refractivity contribution < 1.29 is 33.3 Å². The van der Waals surface area contributed by atoms with Gasteiger partial charge in [-0.2, -0.15) is 0 Å². The summed E-state index contributed by atoms with van der Waals surface area (Å²) in [5.41, 5.74) is 1.86. The Morgan fingerprint density at radius 2 is 1.58 bits per heavy atom. The number of para-hydroxylation sites is 1. The number of nitrogens with one attached hydrogen (secondary N) is 1. The second kappa shape index (κ2) is 12.1. The van der Waals surface area contributed by atoms with Gasteiger partial charge in [-0.15, -0.1) is 0 Å². The Bertz CT molecular complexity index is 1440. The molecule has 10 heteroatoms. The third-order valence-corrected chi connectivity index (χ3v) is 6.41. The molecule has 0 saturated carbocycles. The maximum absolute atomic E-state index is 12.9. The molecule has 9 nitrogen and oxygen atoms in total. The van der Waals surface area contributed by atoms with Crippen molar-refractivity contribution in [2.45, 2.75) is 0 Å². The maximum Gasteiger partial charge on any atom is 0.264 e. The molecule has 1 N–H and O–H groups in total. The predicted octanol–water partition coefficient (Wildman–Crippen LogP) is 5.24. The van der Waals surface area contributed by atoms with Gasteiger partial charge in [0.1, 0.15) is 0 Å². The molecule has 0 unspecified atom stereocenters. The number of hydrogen-bond donors (Lipinski definition) is 1. The lowest BCUT2D eigenvalue weighted by molar-refractivity contribution is -0.118. The monoisotopic (exact) mass is 534 g/mol. The van der Waals surface area contributed by atoms with Crippen molar-refractivity contribution in [2.24, 2.45) is 0 Å². The highest BCUT2D eigenvalue weighted by atomic mass is 32.1. The Morgan fingerprint density at radius 1 is 0.868 bits per heavy atom. The first-order valence-corrected chi connectivity index (χ1v) is 12.3. The SMILES string of the molecule is COc1ccc(/C=C/C(=O)c2cc(OC)c(OC)c(OC)c2)cc1OCC(=O)Nc1nc2ccccc2s1. The van der Waals surface area contributed by atoms with Crippen LogP contribution < -0.4 is 29.0 Å². The molecular formula is C28H26N2O7S. The van der Waals surface area contributed by atoms with Gasteiger partial charge >= 0.3 is 0 Å². The van der Waals surface area contributed by atoms with Crippen LogP contribution in [0.5, 0.6) is 28.7 Å². The lowest BCUT2D eigenvalue weighted by Crippen LogP contribution is -2.20. The lowest BCUT2D eigenvalue weighted by Gasteiger charge is -2.13. The van der Waals surface area contributed by atoms with Crippen molar-refractivity contribution in [2.75, 3.05) is 40.4 Å². The molecule has 0 saturated heterocycles. The van der Waals surface area contributed by atoms with Crippen LogP contribution in [0.4, 0.5) is 5.13 Å². The number of methoxy groups -OCH3 is 4. The van der Waals surface area contributed by atoms with E-state index in [0.717, 1.165) is 10.2 Å². The number of thiazole rings is 1. The molecule has 0 radical (unpaired) electrons. The van der Waals surface area contributed by atoms with Gasteiger partial charge in [0.15, 0.2) is 40.5 Å². The third kappa shape index (κ3) is 6.04. The Hall–Kier alpha value is -4.57. The van der Waals surface area contributed by atoms with Crippen LogP contribution in [0.15, 0.2) is 60.7 Å². The summed E-state index contributed by atoms with van der Waals surface area (Å²) in [7, 11) is 5.97. The van der Waals surface area contributed by atoms with Gasteiger partial charge in [-0.1, -0.05) is 35.6 Å². The summed E-state index contributed by atoms with van der Waals surface area (Å²) in [5, 5.41) is 3.25. The van der Waals surface area contributed by atoms with Gasteiger partial charge in [-0.05, 0) is 48.0 Å². The van der Waals surface area contributed by atoms with Crippen LogP contribution in [0.2, 0.25) is 0 Å². The van der Waals surface area contributed by atoms with E-state index >= 15 is 0 Å². The normalized spacial score (nSPS) is 10.8. The van der Waals surface area contributed by atoms with Gasteiger partial charge in [0, 0.05) is 5.56 Å². The molecule has 0 bridgehead atoms. The first kappa shape index (κ1) is 26.5. The molecule has 0 atom stereocenters. The first-order valence-electron chi connectivity index (χ1n) is 11.4. The predicted molar refractivity (Wildman–Crippen MR) is 146 cm³/mol. The van der Waals surface area contributed by atoms with Crippen molar-refractivity contribution in [3.63, 3.8) is 0 Å². The number of ketones is 1. The molecule has 196 valence electrons. The number of ether oxygens (including phenoxy) is 5. The molecule has 3 aromatic carbocycles. The van der Waals surface area contributed by atoms with Gasteiger partial charge in [0.25, 0.3) is 5.91 Å². The molecule has 1 heterocycles. The summed E-state index contributed by atoms with van der Waals surface area (Å²) in [4.78, 5) is 29.7. The van der Waals surface area contributed by atoms with Gasteiger partial charge in [0.2, 0.25) is 5.75 Å². The van der Waals surface area contributed by atoms with Crippen LogP contribution in [-0.2, 0) is 4.79 Å². The number of carbonyl (C=O) groups excluding carboxylic acids is 2. The van der Waals surface area contributed by atoms with Crippen LogP contribution in [0.1, 0.15) is 15.9 Å². The molecule has 0 aliphatic rings. The number of hydrogen-bond acceptors (Lipinski definition) is 9. The van der Waals surface area contributed by atoms with Crippen molar-refractivity contribution >= 4 is 44.5 Å². The van der Waals surface area contributed by atoms with E-state index in [2.05, 4.69) is 10.3 Å². The minimum atomic E-state index is -0.357. The van der Waals surface area contributed by atoms with Crippen molar-refractivity contribution in [1.82, 2.24) is 4.98 Å². The van der Waals surface area contributed by atoms with Crippen LogP contribution in [0.25, 0.3) is 16.3 Å². The van der Waals surface area contributed by atoms with E-state index in [1.165, 1.54) is 45.9 Å². The number of carbonyl (C=O) groups is 2. The Labute approximate surface area is 223 Å². The number of allylic oxidation sites excluding steroid dienone is 1. The van der Waals surface area contributed by atoms with Crippen molar-refractivity contribution in [3.05, 3.63) is 71.8 Å². The smallest absolute Gasteiger partial charge is 0.264 e. The standard InChI is InChI=1S/C28H26N2O7S/c1-33-21-12-10-17(9-11-20(31)18-14-23(34-2)27(36-4)24(15-18)35-3)13-22(21)37-16-26(32)30-28-29-19-7-5-6-8-25(19)38-28/h5-15H,16H2,1-4H3,(H,29,30,32)/b11-9+. The largest absolute Gasteiger partial charge is 0.493 e. The zero-order chi connectivity index (χ0) is 27.1. The zero-order valence-corrected chi connectivity index (χ0v) is 22.1. The van der Waals surface area contributed by atoms with Gasteiger partial charge in [-0.3, -0.25) is 14.9 Å². The summed E-state index contributed by atoms with van der Waals surface area (Å²) in [6.07, 6.45) is 3.06. The summed E-state index contributed by atoms with van der Waals surface area (Å²) in [6.45, 7) is -0.246. The minimum absolute atomic E-state index is 0.246. The molecule has 1 amide bonds. The van der Waals surface area contributed by atoms with E-state index in [0.29, 0.717) is 45.0 Å². The number of aromatic nitrogens is 1. The van der Waals surface area contributed by atoms with Crippen LogP contribution in [0.3, 0.4) is 0 Å². The number of benzene rings is 3. The van der Waals surface area contributed by atoms with E-state index in [4.69, 9.17) is 23.7 Å². The van der Waals surface area contributed by atoms with Gasteiger partial charge in [0.05, 0.1) is 38.7 Å². The lowest BCUT2D eigenvalue weighted by atomic mass is 10.1. The second-order valence-electron chi connectivity index (χ2n) is 7.85. The molecule has 1 aromatic heterocycles. The van der Waals surface area contributed by atoms with Gasteiger partial charge < -0.3 is 23.7 Å². The highest BCUT2D eigenvalue weighted by Crippen LogP contribution is 2.38. The van der Waals surface area contributed by atoms with Crippen molar-refractivity contribution in [3.8, 4) is 28.7 Å². The fraction of sp³-hybridized carbons (Fsp3) is 0.179. The van der Waals surface area contributed by atoms with Crippen LogP contribution in [-0.4, -0.2) is 51.7 Å². The fourth-order valence-electron chi connectivity index (χ4n) is 3.63. The second-order valence-corrected chi connectivity index (χ2v) is 8.88. The molecule has 0 spiro atoms. The van der Waals surface area contributed by atoms with E-state index in [-0.39, 0.29) is 18.3 Å². The summed E-state index contributed by atoms with van der Waals surface area (Å²) in [5.74, 6) is 1.35. The highest BCUT2D eigenvalue weighted by molar-refractivity contribution is 7.22. The summed E-state index contributed by atoms with van der Waals surface area (Å²) >= 11 is 1.38. The average molecular weight is 535 g/mol. The number of fused-ring (bicyclic) bond motifs is 1. The molecule has 38 heavy (non-hydrogen) atoms. The third-order valence-electron chi connectivity index (χ3n) is 5.46. The zero-order valence-electron chi connectivity index (χ0n) is 21.3. The number of rotatable bonds is 11. The van der Waals surface area contributed by atoms with Crippen molar-refractivity contribution in [1.29, 1.82) is 0 Å². The topological polar surface area (TPSA) is 105 Å². The molecule has 0 fully saturated rings. The van der Waals surface area contributed by atoms with E-state index in [1.54, 1.807) is 36.4 Å². The maximum atomic E-state index is 12.9. The summed E-state index contributed by atoms with van der Waals surface area (Å²) < 4.78 is 28.0. The molecular weight excluding hydrogens is 508 g/mol. The minimum Gasteiger partial charge on any atom is -0.493 e. The quantitative estimate of drug-likeness (QED) is 0.206. The fourth-order valence-corrected chi connectivity index (χ4v) is 4.51. The molecule has 4 aromatic rings. The molecule has 0 aliphatic heterocycles. The molecule has 0 aliphatic carbocycles. The van der Waals surface area contributed by atoms with Crippen LogP contribution in [0, 0.1) is 0 Å². The Morgan fingerprint density at radius 3 is 2.24 bits per heavy atom. The Kier molecular flexibility index (Phi) is 8.44. The number of nitrogens with zero attached hydrogens (tertiary/aromatic N) is 1. The Balaban J connectivity index is 1.45. The van der Waals surface area contributed by atoms with Gasteiger partial charge in [-0.25, -0.2) is 4.98 Å². The van der Waals surface area contributed by atoms with Crippen LogP contribution >= 0.6 is 11.3 Å². The average Bonchev–Trinajstić information content (AvgIpc) is 3.36. The van der Waals surface area contributed by atoms with E-state index in [9.17, 15) is 9.59 Å².